The molecule has 3 heteroatoms. The van der Waals surface area contributed by atoms with Gasteiger partial charge in [0.05, 0.1) is 11.5 Å². The number of hydrogen-bond donors (Lipinski definition) is 2. The first kappa shape index (κ1) is 14.1. The lowest BCUT2D eigenvalue weighted by atomic mass is 9.56. The summed E-state index contributed by atoms with van der Waals surface area (Å²) >= 11 is 0. The molecule has 0 heterocycles. The van der Waals surface area contributed by atoms with Crippen molar-refractivity contribution in [3.05, 3.63) is 35.9 Å². The molecule has 1 aromatic carbocycles. The third-order valence-corrected chi connectivity index (χ3v) is 4.91. The van der Waals surface area contributed by atoms with E-state index in [2.05, 4.69) is 0 Å². The molecular weight excluding hydrogens is 240 g/mol. The van der Waals surface area contributed by atoms with E-state index in [0.29, 0.717) is 25.7 Å². The Balaban J connectivity index is 2.42. The van der Waals surface area contributed by atoms with Gasteiger partial charge in [-0.1, -0.05) is 44.2 Å². The van der Waals surface area contributed by atoms with Gasteiger partial charge in [-0.25, -0.2) is 0 Å². The van der Waals surface area contributed by atoms with Crippen molar-refractivity contribution in [2.24, 2.45) is 5.41 Å². The molecule has 1 fully saturated rings. The smallest absolute Gasteiger partial charge is 0.310 e. The summed E-state index contributed by atoms with van der Waals surface area (Å²) in [5.41, 5.74) is -0.179. The predicted molar refractivity (Wildman–Crippen MR) is 74.0 cm³/mol. The number of hydrogen-bond acceptors (Lipinski definition) is 2. The van der Waals surface area contributed by atoms with Crippen LogP contribution in [-0.4, -0.2) is 22.3 Å². The molecule has 0 unspecified atom stereocenters. The number of rotatable bonds is 3. The first-order valence-corrected chi connectivity index (χ1v) is 6.87. The van der Waals surface area contributed by atoms with E-state index in [1.807, 2.05) is 44.2 Å². The molecule has 0 saturated heterocycles. The van der Waals surface area contributed by atoms with E-state index >= 15 is 0 Å². The van der Waals surface area contributed by atoms with E-state index in [0.717, 1.165) is 5.56 Å². The van der Waals surface area contributed by atoms with Gasteiger partial charge in [0.2, 0.25) is 0 Å². The van der Waals surface area contributed by atoms with Crippen LogP contribution in [0.5, 0.6) is 0 Å². The van der Waals surface area contributed by atoms with E-state index in [1.54, 1.807) is 0 Å². The summed E-state index contributed by atoms with van der Waals surface area (Å²) in [4.78, 5) is 11.9. The van der Waals surface area contributed by atoms with Crippen LogP contribution in [0.2, 0.25) is 0 Å². The molecule has 1 saturated carbocycles. The first-order chi connectivity index (χ1) is 8.90. The normalized spacial score (nSPS) is 28.1. The van der Waals surface area contributed by atoms with Gasteiger partial charge in [-0.3, -0.25) is 4.79 Å². The second-order valence-corrected chi connectivity index (χ2v) is 6.11. The van der Waals surface area contributed by atoms with Crippen LogP contribution in [0.15, 0.2) is 30.3 Å². The number of carboxylic acid groups (broad SMARTS) is 1. The van der Waals surface area contributed by atoms with E-state index in [1.165, 1.54) is 0 Å². The molecule has 104 valence electrons. The molecule has 0 atom stereocenters. The molecule has 0 aromatic heterocycles. The minimum atomic E-state index is -0.784. The van der Waals surface area contributed by atoms with Crippen molar-refractivity contribution in [1.29, 1.82) is 0 Å². The zero-order valence-electron chi connectivity index (χ0n) is 11.6. The van der Waals surface area contributed by atoms with E-state index in [9.17, 15) is 15.0 Å². The van der Waals surface area contributed by atoms with Crippen molar-refractivity contribution in [1.82, 2.24) is 0 Å². The van der Waals surface area contributed by atoms with Crippen molar-refractivity contribution in [2.75, 3.05) is 0 Å². The zero-order chi connectivity index (χ0) is 14.1. The second kappa shape index (κ2) is 4.97. The lowest BCUT2D eigenvalue weighted by Crippen LogP contribution is -2.50. The minimum absolute atomic E-state index is 0.348. The van der Waals surface area contributed by atoms with Crippen molar-refractivity contribution in [2.45, 2.75) is 51.0 Å². The lowest BCUT2D eigenvalue weighted by molar-refractivity contribution is -0.158. The Morgan fingerprint density at radius 1 is 1.21 bits per heavy atom. The van der Waals surface area contributed by atoms with Crippen LogP contribution >= 0.6 is 0 Å². The molecular formula is C16H22O3. The average molecular weight is 262 g/mol. The minimum Gasteiger partial charge on any atom is -0.481 e. The standard InChI is InChI=1S/C16H22O3/c1-15(2,12-6-4-3-5-7-12)16(14(18)19)10-8-13(17)9-11-16/h3-7,13,17H,8-11H2,1-2H3,(H,18,19). The number of aliphatic hydroxyl groups is 1. The quantitative estimate of drug-likeness (QED) is 0.880. The topological polar surface area (TPSA) is 57.5 Å². The van der Waals surface area contributed by atoms with Crippen LogP contribution in [0.4, 0.5) is 0 Å². The number of carboxylic acids is 1. The van der Waals surface area contributed by atoms with Gasteiger partial charge < -0.3 is 10.2 Å². The van der Waals surface area contributed by atoms with Crippen molar-refractivity contribution in [3.8, 4) is 0 Å². The maximum atomic E-state index is 11.9. The summed E-state index contributed by atoms with van der Waals surface area (Å²) in [6.45, 7) is 4.02. The van der Waals surface area contributed by atoms with E-state index < -0.39 is 16.8 Å². The molecule has 0 aliphatic heterocycles. The van der Waals surface area contributed by atoms with Gasteiger partial charge in [0, 0.05) is 5.41 Å². The Bertz CT molecular complexity index is 442. The molecule has 0 radical (unpaired) electrons. The second-order valence-electron chi connectivity index (χ2n) is 6.11. The van der Waals surface area contributed by atoms with Crippen molar-refractivity contribution in [3.63, 3.8) is 0 Å². The van der Waals surface area contributed by atoms with Crippen molar-refractivity contribution >= 4 is 5.97 Å². The highest BCUT2D eigenvalue weighted by atomic mass is 16.4. The number of aliphatic hydroxyl groups excluding tert-OH is 1. The summed E-state index contributed by atoms with van der Waals surface area (Å²) in [5, 5.41) is 19.5. The summed E-state index contributed by atoms with van der Waals surface area (Å²) in [6, 6.07) is 9.83. The van der Waals surface area contributed by atoms with Crippen LogP contribution in [0, 0.1) is 5.41 Å². The van der Waals surface area contributed by atoms with Gasteiger partial charge in [-0.2, -0.15) is 0 Å². The van der Waals surface area contributed by atoms with Crippen LogP contribution in [0.1, 0.15) is 45.1 Å². The molecule has 3 nitrogen and oxygen atoms in total. The Kier molecular flexibility index (Phi) is 3.68. The molecule has 1 aliphatic rings. The fourth-order valence-electron chi connectivity index (χ4n) is 3.33. The zero-order valence-corrected chi connectivity index (χ0v) is 11.6. The highest BCUT2D eigenvalue weighted by molar-refractivity contribution is 5.77. The highest BCUT2D eigenvalue weighted by Gasteiger charge is 2.53. The summed E-state index contributed by atoms with van der Waals surface area (Å²) in [6.07, 6.45) is 1.86. The predicted octanol–water partition coefficient (Wildman–Crippen LogP) is 2.97. The third-order valence-electron chi connectivity index (χ3n) is 4.91. The van der Waals surface area contributed by atoms with Gasteiger partial charge in [-0.15, -0.1) is 0 Å². The number of aliphatic carboxylic acids is 1. The molecule has 2 rings (SSSR count). The number of carbonyl (C=O) groups is 1. The Hall–Kier alpha value is -1.35. The van der Waals surface area contributed by atoms with Gasteiger partial charge >= 0.3 is 5.97 Å². The molecule has 1 aromatic rings. The monoisotopic (exact) mass is 262 g/mol. The van der Waals surface area contributed by atoms with Gasteiger partial charge in [0.15, 0.2) is 0 Å². The molecule has 1 aliphatic carbocycles. The van der Waals surface area contributed by atoms with E-state index in [4.69, 9.17) is 0 Å². The molecule has 0 spiro atoms. The Morgan fingerprint density at radius 3 is 2.21 bits per heavy atom. The molecule has 0 amide bonds. The number of benzene rings is 1. The third kappa shape index (κ3) is 2.27. The van der Waals surface area contributed by atoms with Crippen LogP contribution < -0.4 is 0 Å². The lowest BCUT2D eigenvalue weighted by Gasteiger charge is -2.47. The fourth-order valence-corrected chi connectivity index (χ4v) is 3.33. The Morgan fingerprint density at radius 2 is 1.74 bits per heavy atom. The largest absolute Gasteiger partial charge is 0.481 e. The van der Waals surface area contributed by atoms with Crippen molar-refractivity contribution < 1.29 is 15.0 Å². The fraction of sp³-hybridized carbons (Fsp3) is 0.562. The summed E-state index contributed by atoms with van der Waals surface area (Å²) in [7, 11) is 0. The van der Waals surface area contributed by atoms with Crippen LogP contribution in [0.25, 0.3) is 0 Å². The van der Waals surface area contributed by atoms with Crippen LogP contribution in [-0.2, 0) is 10.2 Å². The summed E-state index contributed by atoms with van der Waals surface area (Å²) < 4.78 is 0. The molecule has 0 bridgehead atoms. The van der Waals surface area contributed by atoms with E-state index in [-0.39, 0.29) is 6.10 Å². The van der Waals surface area contributed by atoms with Crippen LogP contribution in [0.3, 0.4) is 0 Å². The van der Waals surface area contributed by atoms with Gasteiger partial charge in [0.25, 0.3) is 0 Å². The SMILES string of the molecule is CC(C)(c1ccccc1)C1(C(=O)O)CCC(O)CC1. The van der Waals surface area contributed by atoms with Gasteiger partial charge in [-0.05, 0) is 31.2 Å². The first-order valence-electron chi connectivity index (χ1n) is 6.87. The van der Waals surface area contributed by atoms with Gasteiger partial charge in [0.1, 0.15) is 0 Å². The molecule has 19 heavy (non-hydrogen) atoms. The highest BCUT2D eigenvalue weighted by Crippen LogP contribution is 2.51. The molecule has 2 N–H and O–H groups in total. The summed E-state index contributed by atoms with van der Waals surface area (Å²) in [5.74, 6) is -0.742. The average Bonchev–Trinajstić information content (AvgIpc) is 2.40. The maximum absolute atomic E-state index is 11.9. The Labute approximate surface area is 114 Å². The maximum Gasteiger partial charge on any atom is 0.310 e.